The molecule has 3 aromatic rings. The molecule has 0 radical (unpaired) electrons. The maximum Gasteiger partial charge on any atom is 0.256 e. The van der Waals surface area contributed by atoms with Gasteiger partial charge in [0.2, 0.25) is 0 Å². The van der Waals surface area contributed by atoms with Crippen LogP contribution in [0, 0.1) is 6.92 Å². The molecule has 170 valence electrons. The van der Waals surface area contributed by atoms with Gasteiger partial charge >= 0.3 is 0 Å². The Morgan fingerprint density at radius 1 is 1.12 bits per heavy atom. The molecule has 1 amide bonds. The largest absolute Gasteiger partial charge is 0.334 e. The first kappa shape index (κ1) is 21.5. The summed E-state index contributed by atoms with van der Waals surface area (Å²) in [6, 6.07) is 11.6. The molecular formula is C26H29N5O2. The topological polar surface area (TPSA) is 82.2 Å². The van der Waals surface area contributed by atoms with Crippen molar-refractivity contribution >= 4 is 5.91 Å². The molecule has 1 saturated heterocycles. The minimum Gasteiger partial charge on any atom is -0.334 e. The van der Waals surface area contributed by atoms with E-state index in [-0.39, 0.29) is 17.4 Å². The van der Waals surface area contributed by atoms with Gasteiger partial charge < -0.3 is 9.88 Å². The highest BCUT2D eigenvalue weighted by molar-refractivity contribution is 5.94. The number of likely N-dealkylation sites (tertiary alicyclic amines) is 1. The maximum absolute atomic E-state index is 12.9. The SMILES string of the molecule is Cc1ccc(C(=O)N2CCc3nc(C4CCN(Cc5cccnc5)CC4)[nH]c(=O)c3C2)cc1. The maximum atomic E-state index is 12.9. The van der Waals surface area contributed by atoms with Crippen LogP contribution in [0.3, 0.4) is 0 Å². The fraction of sp³-hybridized carbons (Fsp3) is 0.385. The van der Waals surface area contributed by atoms with E-state index in [0.29, 0.717) is 30.6 Å². The number of nitrogens with one attached hydrogen (secondary N) is 1. The van der Waals surface area contributed by atoms with Crippen LogP contribution in [-0.4, -0.2) is 50.3 Å². The third kappa shape index (κ3) is 4.73. The number of piperidine rings is 1. The Hall–Kier alpha value is -3.32. The van der Waals surface area contributed by atoms with E-state index < -0.39 is 0 Å². The van der Waals surface area contributed by atoms with Crippen LogP contribution in [0.2, 0.25) is 0 Å². The second-order valence-corrected chi connectivity index (χ2v) is 9.13. The fourth-order valence-electron chi connectivity index (χ4n) is 4.80. The number of H-pyrrole nitrogens is 1. The Bertz CT molecular complexity index is 1180. The second-order valence-electron chi connectivity index (χ2n) is 9.13. The van der Waals surface area contributed by atoms with Crippen molar-refractivity contribution < 1.29 is 4.79 Å². The molecule has 33 heavy (non-hydrogen) atoms. The fourth-order valence-corrected chi connectivity index (χ4v) is 4.80. The van der Waals surface area contributed by atoms with Crippen LogP contribution < -0.4 is 5.56 Å². The summed E-state index contributed by atoms with van der Waals surface area (Å²) >= 11 is 0. The van der Waals surface area contributed by atoms with Crippen molar-refractivity contribution in [3.8, 4) is 0 Å². The van der Waals surface area contributed by atoms with Gasteiger partial charge in [0, 0.05) is 43.4 Å². The third-order valence-electron chi connectivity index (χ3n) is 6.78. The van der Waals surface area contributed by atoms with E-state index in [4.69, 9.17) is 4.98 Å². The van der Waals surface area contributed by atoms with Gasteiger partial charge in [-0.15, -0.1) is 0 Å². The molecule has 5 rings (SSSR count). The van der Waals surface area contributed by atoms with E-state index in [9.17, 15) is 9.59 Å². The lowest BCUT2D eigenvalue weighted by molar-refractivity contribution is 0.0732. The number of carbonyl (C=O) groups is 1. The molecule has 7 heteroatoms. The molecule has 0 bridgehead atoms. The van der Waals surface area contributed by atoms with Crippen LogP contribution in [0.15, 0.2) is 53.6 Å². The molecule has 2 aliphatic rings. The number of nitrogens with zero attached hydrogens (tertiary/aromatic N) is 4. The van der Waals surface area contributed by atoms with Crippen LogP contribution in [0.5, 0.6) is 0 Å². The van der Waals surface area contributed by atoms with Gasteiger partial charge in [0.1, 0.15) is 5.82 Å². The van der Waals surface area contributed by atoms with Gasteiger partial charge in [-0.05, 0) is 56.6 Å². The van der Waals surface area contributed by atoms with E-state index in [2.05, 4.69) is 20.9 Å². The lowest BCUT2D eigenvalue weighted by Gasteiger charge is -2.32. The standard InChI is InChI=1S/C26H29N5O2/c1-18-4-6-21(7-5-18)26(33)31-14-10-23-22(17-31)25(32)29-24(28-23)20-8-12-30(13-9-20)16-19-3-2-11-27-15-19/h2-7,11,15,20H,8-10,12-14,16-17H2,1H3,(H,28,29,32). The zero-order valence-electron chi connectivity index (χ0n) is 19.0. The quantitative estimate of drug-likeness (QED) is 0.670. The predicted octanol–water partition coefficient (Wildman–Crippen LogP) is 3.05. The monoisotopic (exact) mass is 443 g/mol. The lowest BCUT2D eigenvalue weighted by atomic mass is 9.95. The van der Waals surface area contributed by atoms with Gasteiger partial charge in [-0.25, -0.2) is 4.98 Å². The molecule has 1 aromatic carbocycles. The molecule has 0 saturated carbocycles. The highest BCUT2D eigenvalue weighted by Crippen LogP contribution is 2.27. The van der Waals surface area contributed by atoms with Crippen LogP contribution in [0.1, 0.15) is 57.3 Å². The van der Waals surface area contributed by atoms with E-state index in [1.165, 1.54) is 5.56 Å². The summed E-state index contributed by atoms with van der Waals surface area (Å²) in [6.07, 6.45) is 6.27. The summed E-state index contributed by atoms with van der Waals surface area (Å²) in [6.45, 7) is 5.74. The highest BCUT2D eigenvalue weighted by atomic mass is 16.2. The lowest BCUT2D eigenvalue weighted by Crippen LogP contribution is -2.40. The molecule has 1 fully saturated rings. The Labute approximate surface area is 193 Å². The van der Waals surface area contributed by atoms with E-state index in [1.54, 1.807) is 11.1 Å². The average Bonchev–Trinajstić information content (AvgIpc) is 2.85. The van der Waals surface area contributed by atoms with E-state index >= 15 is 0 Å². The average molecular weight is 444 g/mol. The van der Waals surface area contributed by atoms with Crippen LogP contribution in [-0.2, 0) is 19.5 Å². The molecule has 2 aromatic heterocycles. The summed E-state index contributed by atoms with van der Waals surface area (Å²) in [4.78, 5) is 42.1. The first-order valence-corrected chi connectivity index (χ1v) is 11.7. The van der Waals surface area contributed by atoms with Crippen LogP contribution in [0.4, 0.5) is 0 Å². The van der Waals surface area contributed by atoms with E-state index in [0.717, 1.165) is 49.6 Å². The Morgan fingerprint density at radius 2 is 1.91 bits per heavy atom. The summed E-state index contributed by atoms with van der Waals surface area (Å²) in [7, 11) is 0. The van der Waals surface area contributed by atoms with Crippen LogP contribution >= 0.6 is 0 Å². The van der Waals surface area contributed by atoms with E-state index in [1.807, 2.05) is 43.5 Å². The first-order valence-electron chi connectivity index (χ1n) is 11.7. The summed E-state index contributed by atoms with van der Waals surface area (Å²) < 4.78 is 0. The van der Waals surface area contributed by atoms with Gasteiger partial charge in [-0.3, -0.25) is 19.5 Å². The minimum absolute atomic E-state index is 0.0369. The molecule has 0 spiro atoms. The molecule has 0 atom stereocenters. The Balaban J connectivity index is 1.25. The zero-order chi connectivity index (χ0) is 22.8. The number of fused-ring (bicyclic) bond motifs is 1. The smallest absolute Gasteiger partial charge is 0.256 e. The summed E-state index contributed by atoms with van der Waals surface area (Å²) in [5.41, 5.74) is 4.36. The molecule has 0 unspecified atom stereocenters. The zero-order valence-corrected chi connectivity index (χ0v) is 19.0. The van der Waals surface area contributed by atoms with Crippen molar-refractivity contribution in [1.82, 2.24) is 24.8 Å². The summed E-state index contributed by atoms with van der Waals surface area (Å²) in [5.74, 6) is 1.03. The number of aromatic amines is 1. The molecular weight excluding hydrogens is 414 g/mol. The predicted molar refractivity (Wildman–Crippen MR) is 126 cm³/mol. The van der Waals surface area contributed by atoms with Crippen molar-refractivity contribution in [1.29, 1.82) is 0 Å². The van der Waals surface area contributed by atoms with Crippen molar-refractivity contribution in [3.05, 3.63) is 92.9 Å². The molecule has 7 nitrogen and oxygen atoms in total. The van der Waals surface area contributed by atoms with Gasteiger partial charge in [-0.2, -0.15) is 0 Å². The van der Waals surface area contributed by atoms with Gasteiger partial charge in [-0.1, -0.05) is 23.8 Å². The number of aromatic nitrogens is 3. The molecule has 4 heterocycles. The summed E-state index contributed by atoms with van der Waals surface area (Å²) in [5, 5.41) is 0. The van der Waals surface area contributed by atoms with Crippen molar-refractivity contribution in [2.75, 3.05) is 19.6 Å². The van der Waals surface area contributed by atoms with Gasteiger partial charge in [0.05, 0.1) is 17.8 Å². The van der Waals surface area contributed by atoms with Crippen molar-refractivity contribution in [2.45, 2.75) is 45.2 Å². The minimum atomic E-state index is -0.103. The number of hydrogen-bond donors (Lipinski definition) is 1. The Kier molecular flexibility index (Phi) is 6.05. The molecule has 1 N–H and O–H groups in total. The number of pyridine rings is 1. The first-order chi connectivity index (χ1) is 16.1. The van der Waals surface area contributed by atoms with Crippen molar-refractivity contribution in [3.63, 3.8) is 0 Å². The van der Waals surface area contributed by atoms with Crippen molar-refractivity contribution in [2.24, 2.45) is 0 Å². The number of rotatable bonds is 4. The number of amides is 1. The highest BCUT2D eigenvalue weighted by Gasteiger charge is 2.28. The third-order valence-corrected chi connectivity index (χ3v) is 6.78. The van der Waals surface area contributed by atoms with Gasteiger partial charge in [0.15, 0.2) is 0 Å². The number of benzene rings is 1. The number of hydrogen-bond acceptors (Lipinski definition) is 5. The molecule has 0 aliphatic carbocycles. The van der Waals surface area contributed by atoms with Crippen LogP contribution in [0.25, 0.3) is 0 Å². The number of carbonyl (C=O) groups excluding carboxylic acids is 1. The second kappa shape index (κ2) is 9.27. The normalized spacial score (nSPS) is 17.1. The van der Waals surface area contributed by atoms with Gasteiger partial charge in [0.25, 0.3) is 11.5 Å². The number of aryl methyl sites for hydroxylation is 1. The Morgan fingerprint density at radius 3 is 2.64 bits per heavy atom. The molecule has 2 aliphatic heterocycles.